The van der Waals surface area contributed by atoms with Gasteiger partial charge in [-0.1, -0.05) is 172 Å². The third kappa shape index (κ3) is 7.68. The average molecular weight is 788 g/mol. The van der Waals surface area contributed by atoms with Crippen LogP contribution in [0.25, 0.3) is 72.7 Å². The molecule has 8 aromatic rings. The van der Waals surface area contributed by atoms with Crippen molar-refractivity contribution < 1.29 is 5.11 Å². The van der Waals surface area contributed by atoms with E-state index in [1.165, 1.54) is 11.1 Å². The van der Waals surface area contributed by atoms with E-state index in [1.807, 2.05) is 12.3 Å². The first-order valence-corrected chi connectivity index (χ1v) is 21.4. The summed E-state index contributed by atoms with van der Waals surface area (Å²) in [6.45, 7) is 22.2. The zero-order chi connectivity index (χ0) is 42.5. The van der Waals surface area contributed by atoms with E-state index in [1.54, 1.807) is 0 Å². The first kappa shape index (κ1) is 40.5. The summed E-state index contributed by atoms with van der Waals surface area (Å²) in [4.78, 5) is 10.6. The Morgan fingerprint density at radius 1 is 0.533 bits per heavy atom. The summed E-state index contributed by atoms with van der Waals surface area (Å²) in [5, 5.41) is 12.5. The summed E-state index contributed by atoms with van der Waals surface area (Å²) < 4.78 is 2.34. The van der Waals surface area contributed by atoms with Crippen LogP contribution in [-0.2, 0) is 10.8 Å². The number of hydrogen-bond acceptors (Lipinski definition) is 3. The molecule has 2 aromatic heterocycles. The van der Waals surface area contributed by atoms with Crippen molar-refractivity contribution in [1.29, 1.82) is 0 Å². The highest BCUT2D eigenvalue weighted by atomic mass is 16.3. The third-order valence-corrected chi connectivity index (χ3v) is 11.8. The van der Waals surface area contributed by atoms with E-state index >= 15 is 0 Å². The molecule has 0 saturated heterocycles. The van der Waals surface area contributed by atoms with Crippen LogP contribution in [0, 0.1) is 0 Å². The van der Waals surface area contributed by atoms with Crippen molar-refractivity contribution in [2.45, 2.75) is 91.9 Å². The van der Waals surface area contributed by atoms with Crippen LogP contribution >= 0.6 is 0 Å². The average Bonchev–Trinajstić information content (AvgIpc) is 3.62. The van der Waals surface area contributed by atoms with Gasteiger partial charge in [0.25, 0.3) is 0 Å². The molecular formula is C56H57N3O. The van der Waals surface area contributed by atoms with Crippen LogP contribution in [0.1, 0.15) is 103 Å². The first-order chi connectivity index (χ1) is 28.6. The van der Waals surface area contributed by atoms with Crippen LogP contribution < -0.4 is 0 Å². The molecule has 0 atom stereocenters. The molecule has 60 heavy (non-hydrogen) atoms. The van der Waals surface area contributed by atoms with Crippen molar-refractivity contribution in [3.63, 3.8) is 0 Å². The normalized spacial score (nSPS) is 12.2. The number of benzene rings is 6. The molecule has 0 unspecified atom stereocenters. The monoisotopic (exact) mass is 787 g/mol. The Kier molecular flexibility index (Phi) is 10.6. The predicted molar refractivity (Wildman–Crippen MR) is 253 cm³/mol. The van der Waals surface area contributed by atoms with Crippen LogP contribution in [0.2, 0.25) is 0 Å². The number of para-hydroxylation sites is 2. The molecule has 0 fully saturated rings. The number of nitrogens with zero attached hydrogens (tertiary/aromatic N) is 3. The van der Waals surface area contributed by atoms with Gasteiger partial charge in [-0.25, -0.2) is 4.98 Å². The Hall–Kier alpha value is -6.26. The second-order valence-corrected chi connectivity index (χ2v) is 18.9. The van der Waals surface area contributed by atoms with Gasteiger partial charge in [0.15, 0.2) is 0 Å². The highest BCUT2D eigenvalue weighted by Crippen LogP contribution is 2.46. The summed E-state index contributed by atoms with van der Waals surface area (Å²) in [6.07, 6.45) is 1.91. The Balaban J connectivity index is 1.47. The van der Waals surface area contributed by atoms with E-state index in [0.29, 0.717) is 5.82 Å². The van der Waals surface area contributed by atoms with Gasteiger partial charge in [0.2, 0.25) is 0 Å². The summed E-state index contributed by atoms with van der Waals surface area (Å²) in [6, 6.07) is 49.8. The molecule has 0 bridgehead atoms. The largest absolute Gasteiger partial charge is 0.507 e. The fourth-order valence-electron chi connectivity index (χ4n) is 8.36. The molecule has 0 aliphatic heterocycles. The molecule has 1 N–H and O–H groups in total. The topological polar surface area (TPSA) is 50.9 Å². The lowest BCUT2D eigenvalue weighted by molar-refractivity contribution is 0.446. The highest BCUT2D eigenvalue weighted by molar-refractivity contribution is 5.98. The van der Waals surface area contributed by atoms with Gasteiger partial charge in [-0.15, -0.1) is 0 Å². The molecule has 0 saturated carbocycles. The highest BCUT2D eigenvalue weighted by Gasteiger charge is 2.30. The fourth-order valence-corrected chi connectivity index (χ4v) is 8.36. The number of aromatic nitrogens is 3. The van der Waals surface area contributed by atoms with E-state index < -0.39 is 0 Å². The number of phenolic OH excluding ortho intramolecular Hbond substituents is 1. The Morgan fingerprint density at radius 3 is 1.83 bits per heavy atom. The van der Waals surface area contributed by atoms with Gasteiger partial charge in [0.05, 0.1) is 28.0 Å². The minimum atomic E-state index is -0.313. The Morgan fingerprint density at radius 2 is 1.18 bits per heavy atom. The van der Waals surface area contributed by atoms with Crippen molar-refractivity contribution in [2.24, 2.45) is 0 Å². The molecule has 0 spiro atoms. The molecule has 0 aliphatic rings. The summed E-state index contributed by atoms with van der Waals surface area (Å²) in [7, 11) is 0. The van der Waals surface area contributed by atoms with Crippen molar-refractivity contribution in [3.05, 3.63) is 168 Å². The standard InChI is InChI=1S/C56H57N3O/c1-35(2)40-29-41(31-42(30-40)49-32-39(27-28-57-49)37-19-13-11-14-20-37)45-24-18-26-50-51(45)58-54(47-33-43(55(5,6)7)34-48(53(47)60)56(8,9)10)59(50)52-44(36(3)4)23-17-25-46(52)38-21-15-12-16-22-38/h11-36,60H,1-10H3. The van der Waals surface area contributed by atoms with Gasteiger partial charge in [-0.2, -0.15) is 0 Å². The molecule has 4 nitrogen and oxygen atoms in total. The molecule has 8 rings (SSSR count). The van der Waals surface area contributed by atoms with E-state index in [0.717, 1.165) is 78.0 Å². The second kappa shape index (κ2) is 15.7. The Labute approximate surface area is 356 Å². The number of rotatable bonds is 8. The lowest BCUT2D eigenvalue weighted by Crippen LogP contribution is -2.17. The van der Waals surface area contributed by atoms with Crippen LogP contribution in [0.5, 0.6) is 5.75 Å². The third-order valence-electron chi connectivity index (χ3n) is 11.8. The van der Waals surface area contributed by atoms with Crippen molar-refractivity contribution >= 4 is 11.0 Å². The molecule has 0 aliphatic carbocycles. The second-order valence-electron chi connectivity index (χ2n) is 18.9. The smallest absolute Gasteiger partial charge is 0.149 e. The zero-order valence-electron chi connectivity index (χ0n) is 36.8. The number of imidazole rings is 1. The van der Waals surface area contributed by atoms with Crippen molar-refractivity contribution in [1.82, 2.24) is 14.5 Å². The van der Waals surface area contributed by atoms with Crippen molar-refractivity contribution in [2.75, 3.05) is 0 Å². The number of pyridine rings is 1. The van der Waals surface area contributed by atoms with Crippen LogP contribution in [0.4, 0.5) is 0 Å². The quantitative estimate of drug-likeness (QED) is 0.167. The molecule has 4 heteroatoms. The van der Waals surface area contributed by atoms with E-state index in [4.69, 9.17) is 9.97 Å². The Bertz CT molecular complexity index is 2830. The van der Waals surface area contributed by atoms with Crippen molar-refractivity contribution in [3.8, 4) is 67.5 Å². The minimum absolute atomic E-state index is 0.172. The van der Waals surface area contributed by atoms with Gasteiger partial charge in [-0.3, -0.25) is 9.55 Å². The molecule has 6 aromatic carbocycles. The predicted octanol–water partition coefficient (Wildman–Crippen LogP) is 15.3. The fraction of sp³-hybridized carbons (Fsp3) is 0.250. The SMILES string of the molecule is CC(C)c1cc(-c2cc(-c3ccccc3)ccn2)cc(-c2cccc3c2nc(-c2cc(C(C)(C)C)cc(C(C)(C)C)c2O)n3-c2c(-c3ccccc3)cccc2C(C)C)c1. The lowest BCUT2D eigenvalue weighted by atomic mass is 9.79. The lowest BCUT2D eigenvalue weighted by Gasteiger charge is -2.28. The molecule has 2 heterocycles. The van der Waals surface area contributed by atoms with E-state index in [-0.39, 0.29) is 28.4 Å². The maximum Gasteiger partial charge on any atom is 0.149 e. The van der Waals surface area contributed by atoms with Crippen LogP contribution in [0.15, 0.2) is 146 Å². The zero-order valence-corrected chi connectivity index (χ0v) is 36.8. The van der Waals surface area contributed by atoms with E-state index in [2.05, 4.69) is 207 Å². The first-order valence-electron chi connectivity index (χ1n) is 21.4. The summed E-state index contributed by atoms with van der Waals surface area (Å²) in [5.74, 6) is 1.48. The number of hydrogen-bond donors (Lipinski definition) is 1. The molecule has 302 valence electrons. The van der Waals surface area contributed by atoms with Crippen LogP contribution in [0.3, 0.4) is 0 Å². The number of aromatic hydroxyl groups is 1. The molecular weight excluding hydrogens is 731 g/mol. The van der Waals surface area contributed by atoms with Gasteiger partial charge < -0.3 is 5.11 Å². The minimum Gasteiger partial charge on any atom is -0.507 e. The maximum atomic E-state index is 12.5. The van der Waals surface area contributed by atoms with Crippen LogP contribution in [-0.4, -0.2) is 19.6 Å². The number of fused-ring (bicyclic) bond motifs is 1. The molecule has 0 amide bonds. The van der Waals surface area contributed by atoms with Gasteiger partial charge in [0, 0.05) is 28.5 Å². The summed E-state index contributed by atoms with van der Waals surface area (Å²) in [5.41, 5.74) is 16.3. The summed E-state index contributed by atoms with van der Waals surface area (Å²) >= 11 is 0. The maximum absolute atomic E-state index is 12.5. The van der Waals surface area contributed by atoms with Gasteiger partial charge >= 0.3 is 0 Å². The molecule has 0 radical (unpaired) electrons. The van der Waals surface area contributed by atoms with E-state index in [9.17, 15) is 5.11 Å². The van der Waals surface area contributed by atoms with Gasteiger partial charge in [0.1, 0.15) is 11.6 Å². The number of phenols is 1. The van der Waals surface area contributed by atoms with Gasteiger partial charge in [-0.05, 0) is 98.0 Å².